The number of halogens is 1. The number of hydrogen-bond acceptors (Lipinski definition) is 4. The van der Waals surface area contributed by atoms with Crippen molar-refractivity contribution < 1.29 is 4.39 Å². The van der Waals surface area contributed by atoms with E-state index in [4.69, 9.17) is 0 Å². The van der Waals surface area contributed by atoms with Crippen molar-refractivity contribution in [3.8, 4) is 0 Å². The number of piperidine rings is 1. The molecule has 8 heteroatoms. The number of benzene rings is 1. The zero-order valence-corrected chi connectivity index (χ0v) is 16.7. The van der Waals surface area contributed by atoms with Crippen LogP contribution in [0.1, 0.15) is 31.2 Å². The molecule has 1 aromatic carbocycles. The molecule has 3 rings (SSSR count). The van der Waals surface area contributed by atoms with Crippen molar-refractivity contribution >= 4 is 5.96 Å². The standard InChI is InChI=1S/C20H30FN7/c1-3-19-26-24-15-28(19)13-10-23-20(22-2)25-18-8-11-27(12-9-18)14-16-4-6-17(21)7-5-16/h4-7,15,18H,3,8-14H2,1-2H3,(H2,22,23,25). The maximum absolute atomic E-state index is 13.0. The van der Waals surface area contributed by atoms with Gasteiger partial charge in [-0.25, -0.2) is 4.39 Å². The Bertz CT molecular complexity index is 748. The molecule has 152 valence electrons. The average molecular weight is 388 g/mol. The molecule has 0 unspecified atom stereocenters. The van der Waals surface area contributed by atoms with E-state index in [0.717, 1.165) is 69.3 Å². The number of hydrogen-bond donors (Lipinski definition) is 2. The number of rotatable bonds is 7. The Morgan fingerprint density at radius 2 is 2.00 bits per heavy atom. The first-order valence-electron chi connectivity index (χ1n) is 9.98. The summed E-state index contributed by atoms with van der Waals surface area (Å²) < 4.78 is 15.1. The monoisotopic (exact) mass is 387 g/mol. The average Bonchev–Trinajstić information content (AvgIpc) is 3.18. The molecular formula is C20H30FN7. The lowest BCUT2D eigenvalue weighted by molar-refractivity contribution is 0.198. The van der Waals surface area contributed by atoms with Crippen molar-refractivity contribution in [2.24, 2.45) is 4.99 Å². The summed E-state index contributed by atoms with van der Waals surface area (Å²) in [5, 5.41) is 15.0. The highest BCUT2D eigenvalue weighted by atomic mass is 19.1. The van der Waals surface area contributed by atoms with E-state index < -0.39 is 0 Å². The maximum atomic E-state index is 13.0. The van der Waals surface area contributed by atoms with Gasteiger partial charge in [-0.15, -0.1) is 10.2 Å². The Morgan fingerprint density at radius 1 is 1.25 bits per heavy atom. The molecule has 0 saturated carbocycles. The van der Waals surface area contributed by atoms with Gasteiger partial charge >= 0.3 is 0 Å². The summed E-state index contributed by atoms with van der Waals surface area (Å²) in [7, 11) is 1.80. The van der Waals surface area contributed by atoms with Crippen molar-refractivity contribution in [1.29, 1.82) is 0 Å². The van der Waals surface area contributed by atoms with Crippen molar-refractivity contribution in [3.63, 3.8) is 0 Å². The van der Waals surface area contributed by atoms with Gasteiger partial charge in [0.15, 0.2) is 5.96 Å². The predicted molar refractivity (Wildman–Crippen MR) is 109 cm³/mol. The molecule has 1 saturated heterocycles. The van der Waals surface area contributed by atoms with Crippen LogP contribution in [0.25, 0.3) is 0 Å². The zero-order valence-electron chi connectivity index (χ0n) is 16.7. The second-order valence-electron chi connectivity index (χ2n) is 7.11. The Hall–Kier alpha value is -2.48. The molecule has 0 radical (unpaired) electrons. The topological polar surface area (TPSA) is 70.4 Å². The summed E-state index contributed by atoms with van der Waals surface area (Å²) in [6.07, 6.45) is 4.78. The minimum Gasteiger partial charge on any atom is -0.355 e. The van der Waals surface area contributed by atoms with Crippen LogP contribution in [0.3, 0.4) is 0 Å². The second-order valence-corrected chi connectivity index (χ2v) is 7.11. The highest BCUT2D eigenvalue weighted by molar-refractivity contribution is 5.79. The number of guanidine groups is 1. The highest BCUT2D eigenvalue weighted by Crippen LogP contribution is 2.14. The molecule has 0 spiro atoms. The van der Waals surface area contributed by atoms with Crippen LogP contribution in [0.5, 0.6) is 0 Å². The molecule has 1 fully saturated rings. The summed E-state index contributed by atoms with van der Waals surface area (Å²) >= 11 is 0. The van der Waals surface area contributed by atoms with Crippen LogP contribution in [0.4, 0.5) is 4.39 Å². The van der Waals surface area contributed by atoms with Crippen molar-refractivity contribution in [2.75, 3.05) is 26.7 Å². The van der Waals surface area contributed by atoms with Crippen molar-refractivity contribution in [1.82, 2.24) is 30.3 Å². The fraction of sp³-hybridized carbons (Fsp3) is 0.550. The van der Waals surface area contributed by atoms with Gasteiger partial charge in [-0.1, -0.05) is 19.1 Å². The first-order chi connectivity index (χ1) is 13.7. The maximum Gasteiger partial charge on any atom is 0.191 e. The molecule has 0 amide bonds. The molecular weight excluding hydrogens is 357 g/mol. The number of aryl methyl sites for hydroxylation is 1. The summed E-state index contributed by atoms with van der Waals surface area (Å²) in [6, 6.07) is 7.21. The largest absolute Gasteiger partial charge is 0.355 e. The van der Waals surface area contributed by atoms with Gasteiger partial charge in [0.25, 0.3) is 0 Å². The van der Waals surface area contributed by atoms with E-state index >= 15 is 0 Å². The number of aromatic nitrogens is 3. The minimum absolute atomic E-state index is 0.180. The molecule has 1 aliphatic heterocycles. The molecule has 0 atom stereocenters. The molecule has 0 bridgehead atoms. The van der Waals surface area contributed by atoms with Gasteiger partial charge in [-0.2, -0.15) is 0 Å². The van der Waals surface area contributed by atoms with Gasteiger partial charge in [0.2, 0.25) is 0 Å². The molecule has 2 heterocycles. The number of aliphatic imine (C=N–C) groups is 1. The number of nitrogens with zero attached hydrogens (tertiary/aromatic N) is 5. The van der Waals surface area contributed by atoms with Gasteiger partial charge in [-0.3, -0.25) is 9.89 Å². The van der Waals surface area contributed by atoms with Crippen LogP contribution in [0.15, 0.2) is 35.6 Å². The van der Waals surface area contributed by atoms with Crippen LogP contribution in [-0.2, 0) is 19.5 Å². The first kappa shape index (κ1) is 20.3. The lowest BCUT2D eigenvalue weighted by Gasteiger charge is -2.33. The summed E-state index contributed by atoms with van der Waals surface area (Å²) in [4.78, 5) is 6.76. The third-order valence-corrected chi connectivity index (χ3v) is 5.13. The fourth-order valence-electron chi connectivity index (χ4n) is 3.51. The van der Waals surface area contributed by atoms with E-state index in [0.29, 0.717) is 6.04 Å². The SMILES string of the molecule is CCc1nncn1CCNC(=NC)NC1CCN(Cc2ccc(F)cc2)CC1. The Morgan fingerprint density at radius 3 is 2.68 bits per heavy atom. The Labute approximate surface area is 166 Å². The quantitative estimate of drug-likeness (QED) is 0.560. The molecule has 2 aromatic rings. The fourth-order valence-corrected chi connectivity index (χ4v) is 3.51. The summed E-state index contributed by atoms with van der Waals surface area (Å²) in [6.45, 7) is 6.58. The molecule has 28 heavy (non-hydrogen) atoms. The summed E-state index contributed by atoms with van der Waals surface area (Å²) in [5.74, 6) is 1.65. The van der Waals surface area contributed by atoms with E-state index in [-0.39, 0.29) is 5.82 Å². The van der Waals surface area contributed by atoms with Gasteiger partial charge in [0.1, 0.15) is 18.0 Å². The van der Waals surface area contributed by atoms with E-state index in [1.807, 2.05) is 12.1 Å². The third-order valence-electron chi connectivity index (χ3n) is 5.13. The van der Waals surface area contributed by atoms with E-state index in [1.54, 1.807) is 13.4 Å². The zero-order chi connectivity index (χ0) is 19.8. The normalized spacial score (nSPS) is 16.3. The van der Waals surface area contributed by atoms with Crippen LogP contribution in [0, 0.1) is 5.82 Å². The Kier molecular flexibility index (Phi) is 7.36. The van der Waals surface area contributed by atoms with Gasteiger partial charge in [-0.05, 0) is 30.5 Å². The second kappa shape index (κ2) is 10.2. The van der Waals surface area contributed by atoms with Gasteiger partial charge < -0.3 is 15.2 Å². The number of likely N-dealkylation sites (tertiary alicyclic amines) is 1. The molecule has 7 nitrogen and oxygen atoms in total. The van der Waals surface area contributed by atoms with Crippen LogP contribution in [0.2, 0.25) is 0 Å². The number of nitrogens with one attached hydrogen (secondary N) is 2. The van der Waals surface area contributed by atoms with E-state index in [1.165, 1.54) is 12.1 Å². The third kappa shape index (κ3) is 5.76. The minimum atomic E-state index is -0.180. The lowest BCUT2D eigenvalue weighted by Crippen LogP contribution is -2.49. The Balaban J connectivity index is 1.38. The summed E-state index contributed by atoms with van der Waals surface area (Å²) in [5.41, 5.74) is 1.16. The van der Waals surface area contributed by atoms with Crippen LogP contribution >= 0.6 is 0 Å². The van der Waals surface area contributed by atoms with Gasteiger partial charge in [0, 0.05) is 52.2 Å². The lowest BCUT2D eigenvalue weighted by atomic mass is 10.0. The molecule has 1 aromatic heterocycles. The molecule has 2 N–H and O–H groups in total. The smallest absolute Gasteiger partial charge is 0.191 e. The van der Waals surface area contributed by atoms with Crippen molar-refractivity contribution in [3.05, 3.63) is 47.8 Å². The van der Waals surface area contributed by atoms with Crippen LogP contribution in [-0.4, -0.2) is 58.3 Å². The first-order valence-corrected chi connectivity index (χ1v) is 9.98. The highest BCUT2D eigenvalue weighted by Gasteiger charge is 2.20. The van der Waals surface area contributed by atoms with Crippen LogP contribution < -0.4 is 10.6 Å². The van der Waals surface area contributed by atoms with E-state index in [9.17, 15) is 4.39 Å². The van der Waals surface area contributed by atoms with Crippen molar-refractivity contribution in [2.45, 2.75) is 45.3 Å². The molecule has 0 aliphatic carbocycles. The predicted octanol–water partition coefficient (Wildman–Crippen LogP) is 1.81. The van der Waals surface area contributed by atoms with E-state index in [2.05, 4.69) is 42.2 Å². The van der Waals surface area contributed by atoms with Gasteiger partial charge in [0.05, 0.1) is 0 Å². The molecule has 1 aliphatic rings.